The summed E-state index contributed by atoms with van der Waals surface area (Å²) >= 11 is 0. The SMILES string of the molecule is O=C(Oc1ccccc1)Oc1ccc(Cc2cc(Nc3ccc(OC(=O)Oc4ccccc4)cc3)nc(Nc3ccc(OC(=O)Oc4ccccc4)cc3)n2)cc1. The molecule has 0 amide bonds. The summed E-state index contributed by atoms with van der Waals surface area (Å²) in [7, 11) is 0. The largest absolute Gasteiger partial charge is 0.519 e. The number of hydrogen-bond acceptors (Lipinski definition) is 13. The van der Waals surface area contributed by atoms with Crippen LogP contribution in [0.1, 0.15) is 11.3 Å². The zero-order valence-corrected chi connectivity index (χ0v) is 29.9. The molecule has 0 radical (unpaired) electrons. The molecule has 7 rings (SSSR count). The summed E-state index contributed by atoms with van der Waals surface area (Å²) in [5.74, 6) is 2.72. The molecule has 0 aliphatic heterocycles. The molecule has 13 heteroatoms. The monoisotopic (exact) mass is 760 g/mol. The van der Waals surface area contributed by atoms with Gasteiger partial charge in [0.2, 0.25) is 5.95 Å². The van der Waals surface area contributed by atoms with Crippen molar-refractivity contribution in [2.45, 2.75) is 6.42 Å². The average Bonchev–Trinajstić information content (AvgIpc) is 3.21. The zero-order chi connectivity index (χ0) is 39.2. The Kier molecular flexibility index (Phi) is 11.9. The third-order valence-corrected chi connectivity index (χ3v) is 7.76. The molecule has 0 spiro atoms. The fourth-order valence-corrected chi connectivity index (χ4v) is 5.19. The lowest BCUT2D eigenvalue weighted by molar-refractivity contribution is 0.150. The van der Waals surface area contributed by atoms with Crippen LogP contribution in [0, 0.1) is 0 Å². The molecule has 0 aliphatic rings. The Balaban J connectivity index is 1.03. The maximum atomic E-state index is 12.3. The van der Waals surface area contributed by atoms with E-state index in [2.05, 4.69) is 15.6 Å². The van der Waals surface area contributed by atoms with Gasteiger partial charge in [-0.15, -0.1) is 0 Å². The van der Waals surface area contributed by atoms with Crippen LogP contribution in [0.15, 0.2) is 170 Å². The first-order valence-corrected chi connectivity index (χ1v) is 17.4. The Morgan fingerprint density at radius 3 is 1.16 bits per heavy atom. The number of benzene rings is 6. The second-order valence-corrected chi connectivity index (χ2v) is 12.0. The maximum Gasteiger partial charge on any atom is 0.519 e. The lowest BCUT2D eigenvalue weighted by Gasteiger charge is -2.13. The number of ether oxygens (including phenoxy) is 6. The van der Waals surface area contributed by atoms with Crippen LogP contribution in [-0.2, 0) is 6.42 Å². The highest BCUT2D eigenvalue weighted by Crippen LogP contribution is 2.25. The minimum Gasteiger partial charge on any atom is -0.395 e. The van der Waals surface area contributed by atoms with Gasteiger partial charge in [-0.3, -0.25) is 0 Å². The van der Waals surface area contributed by atoms with Crippen LogP contribution < -0.4 is 39.1 Å². The Morgan fingerprint density at radius 1 is 0.404 bits per heavy atom. The first-order valence-electron chi connectivity index (χ1n) is 17.4. The van der Waals surface area contributed by atoms with Gasteiger partial charge in [0.1, 0.15) is 40.3 Å². The van der Waals surface area contributed by atoms with Crippen LogP contribution in [0.5, 0.6) is 34.5 Å². The fourth-order valence-electron chi connectivity index (χ4n) is 5.19. The van der Waals surface area contributed by atoms with Crippen LogP contribution in [0.25, 0.3) is 0 Å². The van der Waals surface area contributed by atoms with Gasteiger partial charge in [-0.25, -0.2) is 19.4 Å². The van der Waals surface area contributed by atoms with E-state index in [-0.39, 0.29) is 17.4 Å². The standard InChI is InChI=1S/C44H32N4O9/c49-42(52-34-10-4-1-5-11-34)55-37-22-16-30(17-23-37)28-33-29-40(45-31-18-24-38(25-19-31)56-43(50)53-35-12-6-2-7-13-35)48-41(47-33)46-32-20-26-39(27-21-32)57-44(51)54-36-14-8-3-9-15-36/h1-27,29H,28H2,(H2,45,46,47,48). The summed E-state index contributed by atoms with van der Waals surface area (Å²) in [4.78, 5) is 46.2. The lowest BCUT2D eigenvalue weighted by atomic mass is 10.1. The van der Waals surface area contributed by atoms with E-state index in [1.807, 2.05) is 30.3 Å². The van der Waals surface area contributed by atoms with Crippen LogP contribution in [0.3, 0.4) is 0 Å². The molecule has 0 atom stereocenters. The quantitative estimate of drug-likeness (QED) is 0.0896. The van der Waals surface area contributed by atoms with Crippen molar-refractivity contribution in [3.8, 4) is 34.5 Å². The van der Waals surface area contributed by atoms with Crippen molar-refractivity contribution in [2.75, 3.05) is 10.6 Å². The Morgan fingerprint density at radius 2 is 0.754 bits per heavy atom. The summed E-state index contributed by atoms with van der Waals surface area (Å²) in [6.45, 7) is 0. The topological polar surface area (TPSA) is 156 Å². The molecule has 0 saturated heterocycles. The number of hydrogen-bond donors (Lipinski definition) is 2. The molecular weight excluding hydrogens is 729 g/mol. The van der Waals surface area contributed by atoms with Crippen LogP contribution in [0.2, 0.25) is 0 Å². The van der Waals surface area contributed by atoms with Crippen molar-refractivity contribution in [3.63, 3.8) is 0 Å². The van der Waals surface area contributed by atoms with E-state index in [0.717, 1.165) is 5.56 Å². The van der Waals surface area contributed by atoms with E-state index in [1.54, 1.807) is 140 Å². The van der Waals surface area contributed by atoms with Crippen LogP contribution in [0.4, 0.5) is 37.5 Å². The normalized spacial score (nSPS) is 10.4. The molecule has 2 N–H and O–H groups in total. The van der Waals surface area contributed by atoms with Crippen molar-refractivity contribution in [1.29, 1.82) is 0 Å². The summed E-state index contributed by atoms with van der Waals surface area (Å²) in [5, 5.41) is 6.47. The molecule has 0 aliphatic carbocycles. The minimum absolute atomic E-state index is 0.277. The van der Waals surface area contributed by atoms with Crippen LogP contribution in [-0.4, -0.2) is 28.4 Å². The van der Waals surface area contributed by atoms with Crippen molar-refractivity contribution in [2.24, 2.45) is 0 Å². The summed E-state index contributed by atoms with van der Waals surface area (Å²) in [6.07, 6.45) is -2.19. The molecule has 282 valence electrons. The van der Waals surface area contributed by atoms with Crippen molar-refractivity contribution in [3.05, 3.63) is 181 Å². The van der Waals surface area contributed by atoms with Crippen molar-refractivity contribution < 1.29 is 42.8 Å². The van der Waals surface area contributed by atoms with Gasteiger partial charge in [0.05, 0.1) is 5.69 Å². The molecule has 7 aromatic rings. The van der Waals surface area contributed by atoms with Gasteiger partial charge in [0.15, 0.2) is 0 Å². The van der Waals surface area contributed by atoms with Crippen molar-refractivity contribution >= 4 is 41.6 Å². The second kappa shape index (κ2) is 18.2. The third-order valence-electron chi connectivity index (χ3n) is 7.76. The predicted octanol–water partition coefficient (Wildman–Crippen LogP) is 10.3. The van der Waals surface area contributed by atoms with Gasteiger partial charge in [-0.2, -0.15) is 4.98 Å². The molecule has 1 heterocycles. The van der Waals surface area contributed by atoms with E-state index in [9.17, 15) is 14.4 Å². The number of rotatable bonds is 12. The number of nitrogens with zero attached hydrogens (tertiary/aromatic N) is 2. The summed E-state index contributed by atoms with van der Waals surface area (Å²) in [5.41, 5.74) is 2.80. The number of para-hydroxylation sites is 3. The van der Waals surface area contributed by atoms with Gasteiger partial charge in [-0.1, -0.05) is 66.7 Å². The molecule has 6 aromatic carbocycles. The van der Waals surface area contributed by atoms with E-state index >= 15 is 0 Å². The van der Waals surface area contributed by atoms with Gasteiger partial charge in [-0.05, 0) is 103 Å². The highest BCUT2D eigenvalue weighted by Gasteiger charge is 2.13. The van der Waals surface area contributed by atoms with E-state index < -0.39 is 18.5 Å². The lowest BCUT2D eigenvalue weighted by Crippen LogP contribution is -2.13. The molecular formula is C44H32N4O9. The second-order valence-electron chi connectivity index (χ2n) is 12.0. The highest BCUT2D eigenvalue weighted by molar-refractivity contribution is 5.69. The minimum atomic E-state index is -0.868. The molecule has 0 saturated carbocycles. The summed E-state index contributed by atoms with van der Waals surface area (Å²) < 4.78 is 31.6. The van der Waals surface area contributed by atoms with Gasteiger partial charge in [0, 0.05) is 23.9 Å². The number of aromatic nitrogens is 2. The maximum absolute atomic E-state index is 12.3. The molecule has 0 fully saturated rings. The molecule has 0 unspecified atom stereocenters. The van der Waals surface area contributed by atoms with Gasteiger partial charge in [0.25, 0.3) is 0 Å². The Bertz CT molecular complexity index is 2130. The Hall–Kier alpha value is -8.19. The van der Waals surface area contributed by atoms with Gasteiger partial charge >= 0.3 is 18.5 Å². The summed E-state index contributed by atoms with van der Waals surface area (Å²) in [6, 6.07) is 47.9. The highest BCUT2D eigenvalue weighted by atomic mass is 16.7. The van der Waals surface area contributed by atoms with Gasteiger partial charge < -0.3 is 39.1 Å². The average molecular weight is 761 g/mol. The number of carbonyl (C=O) groups excluding carboxylic acids is 3. The molecule has 0 bridgehead atoms. The smallest absolute Gasteiger partial charge is 0.395 e. The third kappa shape index (κ3) is 11.4. The van der Waals surface area contributed by atoms with Crippen molar-refractivity contribution in [1.82, 2.24) is 9.97 Å². The van der Waals surface area contributed by atoms with E-state index in [4.69, 9.17) is 33.4 Å². The van der Waals surface area contributed by atoms with E-state index in [0.29, 0.717) is 52.3 Å². The molecule has 13 nitrogen and oxygen atoms in total. The molecule has 57 heavy (non-hydrogen) atoms. The number of anilines is 4. The predicted molar refractivity (Wildman–Crippen MR) is 210 cm³/mol. The number of carbonyl (C=O) groups is 3. The Labute approximate surface area is 326 Å². The van der Waals surface area contributed by atoms with Crippen LogP contribution >= 0.6 is 0 Å². The molecule has 1 aromatic heterocycles. The van der Waals surface area contributed by atoms with E-state index in [1.165, 1.54) is 0 Å². The zero-order valence-electron chi connectivity index (χ0n) is 29.9. The fraction of sp³-hybridized carbons (Fsp3) is 0.0227. The first kappa shape index (κ1) is 37.1. The first-order chi connectivity index (χ1) is 27.9. The number of nitrogens with one attached hydrogen (secondary N) is 2.